The number of hydrogen-bond acceptors (Lipinski definition) is 12. The number of alkyl halides is 2. The number of nitrogens with zero attached hydrogens (tertiary/aromatic N) is 10. The van der Waals surface area contributed by atoms with E-state index in [1.165, 1.54) is 10.7 Å². The molecule has 4 saturated heterocycles. The second kappa shape index (κ2) is 18.3. The monoisotopic (exact) mass is 909 g/mol. The number of carbonyl (C=O) groups is 4. The van der Waals surface area contributed by atoms with Gasteiger partial charge in [0.1, 0.15) is 11.4 Å². The molecule has 5 fully saturated rings. The molecule has 350 valence electrons. The molecule has 20 heteroatoms. The van der Waals surface area contributed by atoms with Crippen LogP contribution in [0.1, 0.15) is 111 Å². The van der Waals surface area contributed by atoms with E-state index in [1.54, 1.807) is 21.8 Å². The van der Waals surface area contributed by atoms with Crippen LogP contribution in [0.2, 0.25) is 0 Å². The Morgan fingerprint density at radius 3 is 2.58 bits per heavy atom. The standard InChI is InChI=1S/C46H57F2N13O5/c1-56(39(63)7-4-17-49-35-6-3-5-32-40(54-57(2)42(32)35)33-12-13-38(62)53-45(33)64)28-14-18-58(19-15-28)23-27-8-10-29(11-9-27)61-25-36(41(55-61)43(47)48)51-46(65)34-22-50-60-20-16-37(52-44(34)60)59-24-31-21-30(59)26-66-31/h3,5-6,16,20,22,25,27-31,33,43,49H,4,7-15,17-19,21,23-24,26H2,1-2H3,(H,51,65)(H,53,62,64)/t27?,29?,30-,31-,33?/m1/s1. The zero-order valence-electron chi connectivity index (χ0n) is 37.4. The van der Waals surface area contributed by atoms with Crippen LogP contribution >= 0.6 is 0 Å². The fourth-order valence-electron chi connectivity index (χ4n) is 10.9. The molecule has 5 aliphatic rings. The van der Waals surface area contributed by atoms with Gasteiger partial charge in [0, 0.05) is 83.5 Å². The molecule has 4 aromatic heterocycles. The van der Waals surface area contributed by atoms with Crippen molar-refractivity contribution in [3.05, 3.63) is 59.8 Å². The summed E-state index contributed by atoms with van der Waals surface area (Å²) >= 11 is 0. The molecule has 0 radical (unpaired) electrons. The lowest BCUT2D eigenvalue weighted by Gasteiger charge is -2.39. The van der Waals surface area contributed by atoms with Gasteiger partial charge in [0.15, 0.2) is 11.3 Å². The van der Waals surface area contributed by atoms with E-state index in [0.717, 1.165) is 93.5 Å². The summed E-state index contributed by atoms with van der Waals surface area (Å²) in [6, 6.07) is 8.10. The van der Waals surface area contributed by atoms with Crippen LogP contribution in [0.4, 0.5) is 26.0 Å². The number of para-hydroxylation sites is 1. The number of carbonyl (C=O) groups excluding carboxylic acids is 4. The fraction of sp³-hybridized carbons (Fsp3) is 0.565. The molecule has 2 bridgehead atoms. The lowest BCUT2D eigenvalue weighted by Crippen LogP contribution is -2.46. The Kier molecular flexibility index (Phi) is 12.2. The summed E-state index contributed by atoms with van der Waals surface area (Å²) in [7, 11) is 3.76. The molecule has 0 spiro atoms. The van der Waals surface area contributed by atoms with E-state index in [0.29, 0.717) is 49.7 Å². The number of imide groups is 1. The number of fused-ring (bicyclic) bond motifs is 4. The van der Waals surface area contributed by atoms with Gasteiger partial charge in [-0.1, -0.05) is 12.1 Å². The number of amides is 4. The molecule has 4 amide bonds. The number of aromatic nitrogens is 7. The third-order valence-corrected chi connectivity index (χ3v) is 14.6. The van der Waals surface area contributed by atoms with E-state index >= 15 is 0 Å². The number of nitrogens with one attached hydrogen (secondary N) is 3. The first kappa shape index (κ1) is 43.9. The van der Waals surface area contributed by atoms with Gasteiger partial charge >= 0.3 is 0 Å². The Morgan fingerprint density at radius 2 is 1.83 bits per heavy atom. The van der Waals surface area contributed by atoms with Gasteiger partial charge in [-0.15, -0.1) is 0 Å². The van der Waals surface area contributed by atoms with Gasteiger partial charge in [0.05, 0.1) is 59.5 Å². The van der Waals surface area contributed by atoms with Gasteiger partial charge in [-0.05, 0) is 75.8 Å². The van der Waals surface area contributed by atoms with Gasteiger partial charge in [0.25, 0.3) is 12.3 Å². The van der Waals surface area contributed by atoms with Crippen LogP contribution in [-0.4, -0.2) is 132 Å². The van der Waals surface area contributed by atoms with Crippen molar-refractivity contribution in [2.45, 2.75) is 107 Å². The third-order valence-electron chi connectivity index (χ3n) is 14.6. The zero-order valence-corrected chi connectivity index (χ0v) is 37.4. The van der Waals surface area contributed by atoms with Gasteiger partial charge in [-0.2, -0.15) is 15.3 Å². The quantitative estimate of drug-likeness (QED) is 0.0996. The molecular weight excluding hydrogens is 853 g/mol. The molecule has 10 rings (SSSR count). The van der Waals surface area contributed by atoms with Crippen molar-refractivity contribution in [3.63, 3.8) is 0 Å². The summed E-state index contributed by atoms with van der Waals surface area (Å²) in [4.78, 5) is 62.5. The highest BCUT2D eigenvalue weighted by Gasteiger charge is 2.40. The van der Waals surface area contributed by atoms with Crippen molar-refractivity contribution in [2.24, 2.45) is 13.0 Å². The van der Waals surface area contributed by atoms with Crippen molar-refractivity contribution in [1.29, 1.82) is 0 Å². The van der Waals surface area contributed by atoms with Crippen LogP contribution in [0, 0.1) is 5.92 Å². The Morgan fingerprint density at radius 1 is 1.02 bits per heavy atom. The molecule has 1 unspecified atom stereocenters. The predicted octanol–water partition coefficient (Wildman–Crippen LogP) is 5.05. The lowest BCUT2D eigenvalue weighted by atomic mass is 9.85. The Labute approximate surface area is 380 Å². The third kappa shape index (κ3) is 8.71. The van der Waals surface area contributed by atoms with E-state index in [-0.39, 0.29) is 59.6 Å². The molecule has 1 aromatic carbocycles. The van der Waals surface area contributed by atoms with E-state index < -0.39 is 23.9 Å². The summed E-state index contributed by atoms with van der Waals surface area (Å²) in [6.07, 6.45) is 10.1. The number of piperidine rings is 2. The van der Waals surface area contributed by atoms with Gasteiger partial charge in [0.2, 0.25) is 17.7 Å². The van der Waals surface area contributed by atoms with Crippen molar-refractivity contribution in [2.75, 3.05) is 61.9 Å². The number of benzene rings is 1. The average Bonchev–Trinajstić information content (AvgIpc) is 4.18. The highest BCUT2D eigenvalue weighted by molar-refractivity contribution is 6.08. The first-order valence-electron chi connectivity index (χ1n) is 23.4. The number of rotatable bonds is 14. The van der Waals surface area contributed by atoms with Gasteiger partial charge in [-0.3, -0.25) is 33.9 Å². The van der Waals surface area contributed by atoms with Crippen molar-refractivity contribution < 1.29 is 32.7 Å². The molecule has 5 aromatic rings. The number of hydrogen-bond donors (Lipinski definition) is 3. The number of anilines is 3. The number of ether oxygens (including phenoxy) is 1. The maximum absolute atomic E-state index is 14.3. The molecule has 4 aliphatic heterocycles. The number of halogens is 2. The highest BCUT2D eigenvalue weighted by Crippen LogP contribution is 2.37. The smallest absolute Gasteiger partial charge is 0.284 e. The second-order valence-corrected chi connectivity index (χ2v) is 18.7. The minimum absolute atomic E-state index is 0.00768. The minimum atomic E-state index is -2.86. The van der Waals surface area contributed by atoms with Crippen LogP contribution in [-0.2, 0) is 26.2 Å². The van der Waals surface area contributed by atoms with Crippen LogP contribution in [0.15, 0.2) is 42.9 Å². The number of morpholine rings is 1. The Hall–Kier alpha value is -6.02. The van der Waals surface area contributed by atoms with Crippen LogP contribution in [0.5, 0.6) is 0 Å². The Balaban J connectivity index is 0.667. The number of aryl methyl sites for hydroxylation is 1. The van der Waals surface area contributed by atoms with Crippen molar-refractivity contribution >= 4 is 57.4 Å². The average molecular weight is 910 g/mol. The van der Waals surface area contributed by atoms with Crippen LogP contribution in [0.3, 0.4) is 0 Å². The van der Waals surface area contributed by atoms with Gasteiger partial charge in [-0.25, -0.2) is 18.3 Å². The largest absolute Gasteiger partial charge is 0.383 e. The van der Waals surface area contributed by atoms with E-state index in [4.69, 9.17) is 9.72 Å². The zero-order chi connectivity index (χ0) is 45.6. The van der Waals surface area contributed by atoms with Crippen LogP contribution < -0.4 is 20.9 Å². The summed E-state index contributed by atoms with van der Waals surface area (Å²) < 4.78 is 39.3. The summed E-state index contributed by atoms with van der Waals surface area (Å²) in [6.45, 7) is 4.77. The van der Waals surface area contributed by atoms with E-state index in [9.17, 15) is 28.0 Å². The van der Waals surface area contributed by atoms with Crippen molar-refractivity contribution in [3.8, 4) is 0 Å². The molecular formula is C46H57F2N13O5. The van der Waals surface area contributed by atoms with E-state index in [2.05, 4.69) is 41.0 Å². The predicted molar refractivity (Wildman–Crippen MR) is 240 cm³/mol. The molecule has 3 atom stereocenters. The summed E-state index contributed by atoms with van der Waals surface area (Å²) in [5.41, 5.74) is 2.52. The topological polar surface area (TPSA) is 189 Å². The maximum Gasteiger partial charge on any atom is 0.284 e. The molecule has 66 heavy (non-hydrogen) atoms. The SMILES string of the molecule is CN(C(=O)CCCNc1cccc2c(C3CCC(=O)NC3=O)nn(C)c12)C1CCN(CC2CCC(n3cc(NC(=O)c4cnn5ccc(N6C[C@H]7C[C@@H]6CO7)nc45)c(C(F)F)n3)CC2)CC1. The molecule has 8 heterocycles. The highest BCUT2D eigenvalue weighted by atomic mass is 19.3. The second-order valence-electron chi connectivity index (χ2n) is 18.7. The first-order valence-corrected chi connectivity index (χ1v) is 23.4. The molecule has 1 aliphatic carbocycles. The maximum atomic E-state index is 14.3. The molecule has 3 N–H and O–H groups in total. The van der Waals surface area contributed by atoms with Crippen molar-refractivity contribution in [1.82, 2.24) is 49.3 Å². The molecule has 18 nitrogen and oxygen atoms in total. The summed E-state index contributed by atoms with van der Waals surface area (Å²) in [5.74, 6) is -0.271. The number of likely N-dealkylation sites (tertiary alicyclic amines) is 1. The normalized spacial score (nSPS) is 23.9. The van der Waals surface area contributed by atoms with Crippen LogP contribution in [0.25, 0.3) is 16.6 Å². The first-order chi connectivity index (χ1) is 32.0. The van der Waals surface area contributed by atoms with Gasteiger partial charge < -0.3 is 30.1 Å². The minimum Gasteiger partial charge on any atom is -0.383 e. The summed E-state index contributed by atoms with van der Waals surface area (Å²) in [5, 5.41) is 22.7. The van der Waals surface area contributed by atoms with E-state index in [1.807, 2.05) is 43.3 Å². The lowest BCUT2D eigenvalue weighted by molar-refractivity contribution is -0.134. The Bertz CT molecular complexity index is 2630. The fourth-order valence-corrected chi connectivity index (χ4v) is 10.9. The molecule has 1 saturated carbocycles.